The predicted molar refractivity (Wildman–Crippen MR) is 117 cm³/mol. The molecule has 0 atom stereocenters. The summed E-state index contributed by atoms with van der Waals surface area (Å²) in [5, 5.41) is 14.4. The van der Waals surface area contributed by atoms with E-state index in [1.807, 2.05) is 0 Å². The van der Waals surface area contributed by atoms with Gasteiger partial charge in [-0.05, 0) is 81.3 Å². The minimum absolute atomic E-state index is 0.171. The fraction of sp³-hybridized carbons (Fsp3) is 0.435. The number of allylic oxidation sites excluding steroid dienone is 1. The Morgan fingerprint density at radius 1 is 0.966 bits per heavy atom. The van der Waals surface area contributed by atoms with E-state index in [4.69, 9.17) is 0 Å². The topological polar surface area (TPSA) is 70.2 Å². The lowest BCUT2D eigenvalue weighted by molar-refractivity contribution is 0.0948. The van der Waals surface area contributed by atoms with Crippen molar-refractivity contribution >= 4 is 23.1 Å². The van der Waals surface area contributed by atoms with Gasteiger partial charge in [0.25, 0.3) is 5.91 Å². The normalized spacial score (nSPS) is 16.4. The zero-order valence-electron chi connectivity index (χ0n) is 16.9. The van der Waals surface area contributed by atoms with E-state index in [0.717, 1.165) is 31.6 Å². The molecule has 0 bridgehead atoms. The third-order valence-electron chi connectivity index (χ3n) is 5.62. The number of rotatable bonds is 7. The van der Waals surface area contributed by atoms with Crippen molar-refractivity contribution in [3.8, 4) is 0 Å². The van der Waals surface area contributed by atoms with Crippen LogP contribution in [0, 0.1) is 0 Å². The van der Waals surface area contributed by atoms with Crippen LogP contribution in [0.5, 0.6) is 0 Å². The fourth-order valence-electron chi connectivity index (χ4n) is 3.96. The van der Waals surface area contributed by atoms with E-state index in [0.29, 0.717) is 18.1 Å². The molecule has 1 aliphatic heterocycles. The van der Waals surface area contributed by atoms with E-state index in [2.05, 4.69) is 56.1 Å². The van der Waals surface area contributed by atoms with E-state index in [1.165, 1.54) is 43.4 Å². The summed E-state index contributed by atoms with van der Waals surface area (Å²) in [6.07, 6.45) is 10.7. The molecule has 29 heavy (non-hydrogen) atoms. The molecule has 1 aromatic carbocycles. The largest absolute Gasteiger partial charge is 0.372 e. The van der Waals surface area contributed by atoms with Gasteiger partial charge in [0.1, 0.15) is 0 Å². The molecular weight excluding hydrogens is 362 g/mol. The van der Waals surface area contributed by atoms with Crippen LogP contribution in [0.3, 0.4) is 0 Å². The van der Waals surface area contributed by atoms with Crippen LogP contribution < -0.4 is 15.5 Å². The zero-order valence-corrected chi connectivity index (χ0v) is 16.9. The lowest BCUT2D eigenvalue weighted by Crippen LogP contribution is -2.26. The zero-order chi connectivity index (χ0) is 19.9. The summed E-state index contributed by atoms with van der Waals surface area (Å²) in [6, 6.07) is 11.9. The first kappa shape index (κ1) is 19.4. The third-order valence-corrected chi connectivity index (χ3v) is 5.62. The van der Waals surface area contributed by atoms with Gasteiger partial charge in [0.2, 0.25) is 0 Å². The van der Waals surface area contributed by atoms with Crippen LogP contribution in [0.4, 0.5) is 17.2 Å². The highest BCUT2D eigenvalue weighted by atomic mass is 16.1. The summed E-state index contributed by atoms with van der Waals surface area (Å²) in [6.45, 7) is 2.93. The fourth-order valence-corrected chi connectivity index (χ4v) is 3.96. The number of hydrogen-bond donors (Lipinski definition) is 2. The van der Waals surface area contributed by atoms with Crippen molar-refractivity contribution in [3.63, 3.8) is 0 Å². The number of nitrogens with zero attached hydrogens (tertiary/aromatic N) is 3. The molecule has 1 aromatic heterocycles. The maximum Gasteiger partial charge on any atom is 0.271 e. The molecular formula is C23H29N5O. The van der Waals surface area contributed by atoms with Crippen molar-refractivity contribution in [1.29, 1.82) is 0 Å². The second kappa shape index (κ2) is 9.54. The highest BCUT2D eigenvalue weighted by Gasteiger charge is 2.12. The Labute approximate surface area is 172 Å². The van der Waals surface area contributed by atoms with Gasteiger partial charge in [-0.25, -0.2) is 0 Å². The molecule has 6 heteroatoms. The standard InChI is InChI=1S/C23H29N5O/c29-23(24-15-14-18-6-2-1-3-7-18)21-12-13-22(27-26-21)25-19-8-10-20(11-9-19)28-16-4-5-17-28/h6,8-13H,1-5,7,14-17H2,(H,24,29)(H,25,27). The average molecular weight is 392 g/mol. The number of aromatic nitrogens is 2. The Morgan fingerprint density at radius 2 is 1.79 bits per heavy atom. The first-order valence-electron chi connectivity index (χ1n) is 10.7. The van der Waals surface area contributed by atoms with Gasteiger partial charge in [0.05, 0.1) is 0 Å². The number of nitrogens with one attached hydrogen (secondary N) is 2. The summed E-state index contributed by atoms with van der Waals surface area (Å²) in [5.41, 5.74) is 4.02. The number of anilines is 3. The number of carbonyl (C=O) groups is 1. The second-order valence-electron chi connectivity index (χ2n) is 7.78. The lowest BCUT2D eigenvalue weighted by Gasteiger charge is -2.17. The molecule has 1 amide bonds. The maximum absolute atomic E-state index is 12.3. The molecule has 0 saturated carbocycles. The van der Waals surface area contributed by atoms with Gasteiger partial charge in [-0.15, -0.1) is 10.2 Å². The molecule has 1 aliphatic carbocycles. The Bertz CT molecular complexity index is 839. The quantitative estimate of drug-likeness (QED) is 0.683. The maximum atomic E-state index is 12.3. The third kappa shape index (κ3) is 5.34. The molecule has 0 spiro atoms. The molecule has 1 fully saturated rings. The SMILES string of the molecule is O=C(NCCC1=CCCCC1)c1ccc(Nc2ccc(N3CCCC3)cc2)nn1. The molecule has 152 valence electrons. The monoisotopic (exact) mass is 391 g/mol. The van der Waals surface area contributed by atoms with Crippen molar-refractivity contribution < 1.29 is 4.79 Å². The van der Waals surface area contributed by atoms with Gasteiger partial charge in [-0.3, -0.25) is 4.79 Å². The minimum atomic E-state index is -0.171. The van der Waals surface area contributed by atoms with Gasteiger partial charge in [-0.1, -0.05) is 11.6 Å². The Hall–Kier alpha value is -2.89. The predicted octanol–water partition coefficient (Wildman–Crippen LogP) is 4.44. The molecule has 2 aromatic rings. The average Bonchev–Trinajstić information content (AvgIpc) is 3.30. The molecule has 1 saturated heterocycles. The minimum Gasteiger partial charge on any atom is -0.372 e. The molecule has 2 N–H and O–H groups in total. The van der Waals surface area contributed by atoms with Crippen LogP contribution in [-0.2, 0) is 0 Å². The van der Waals surface area contributed by atoms with Crippen molar-refractivity contribution in [1.82, 2.24) is 15.5 Å². The number of amides is 1. The van der Waals surface area contributed by atoms with Crippen LogP contribution in [0.2, 0.25) is 0 Å². The van der Waals surface area contributed by atoms with E-state index in [-0.39, 0.29) is 5.91 Å². The summed E-state index contributed by atoms with van der Waals surface area (Å²) in [5.74, 6) is 0.457. The Balaban J connectivity index is 1.27. The van der Waals surface area contributed by atoms with Gasteiger partial charge >= 0.3 is 0 Å². The van der Waals surface area contributed by atoms with Crippen LogP contribution in [0.15, 0.2) is 48.0 Å². The van der Waals surface area contributed by atoms with E-state index >= 15 is 0 Å². The number of carbonyl (C=O) groups excluding carboxylic acids is 1. The van der Waals surface area contributed by atoms with Gasteiger partial charge in [-0.2, -0.15) is 0 Å². The summed E-state index contributed by atoms with van der Waals surface area (Å²) in [4.78, 5) is 14.7. The van der Waals surface area contributed by atoms with E-state index in [9.17, 15) is 4.79 Å². The smallest absolute Gasteiger partial charge is 0.271 e. The molecule has 6 nitrogen and oxygen atoms in total. The van der Waals surface area contributed by atoms with Crippen molar-refractivity contribution in [2.24, 2.45) is 0 Å². The van der Waals surface area contributed by atoms with Crippen LogP contribution in [-0.4, -0.2) is 35.7 Å². The summed E-state index contributed by atoms with van der Waals surface area (Å²) >= 11 is 0. The van der Waals surface area contributed by atoms with Crippen LogP contribution in [0.25, 0.3) is 0 Å². The summed E-state index contributed by atoms with van der Waals surface area (Å²) < 4.78 is 0. The number of hydrogen-bond acceptors (Lipinski definition) is 5. The second-order valence-corrected chi connectivity index (χ2v) is 7.78. The van der Waals surface area contributed by atoms with Gasteiger partial charge in [0.15, 0.2) is 11.5 Å². The highest BCUT2D eigenvalue weighted by Crippen LogP contribution is 2.23. The van der Waals surface area contributed by atoms with E-state index < -0.39 is 0 Å². The first-order valence-corrected chi connectivity index (χ1v) is 10.7. The first-order chi connectivity index (χ1) is 14.3. The Morgan fingerprint density at radius 3 is 2.48 bits per heavy atom. The van der Waals surface area contributed by atoms with Gasteiger partial charge < -0.3 is 15.5 Å². The van der Waals surface area contributed by atoms with Crippen LogP contribution >= 0.6 is 0 Å². The highest BCUT2D eigenvalue weighted by molar-refractivity contribution is 5.92. The Kier molecular flexibility index (Phi) is 6.39. The van der Waals surface area contributed by atoms with Crippen molar-refractivity contribution in [3.05, 3.63) is 53.7 Å². The molecule has 0 unspecified atom stereocenters. The molecule has 4 rings (SSSR count). The van der Waals surface area contributed by atoms with E-state index in [1.54, 1.807) is 12.1 Å². The van der Waals surface area contributed by atoms with Crippen molar-refractivity contribution in [2.45, 2.75) is 44.9 Å². The number of benzene rings is 1. The van der Waals surface area contributed by atoms with Crippen molar-refractivity contribution in [2.75, 3.05) is 29.9 Å². The van der Waals surface area contributed by atoms with Gasteiger partial charge in [0, 0.05) is 31.0 Å². The molecule has 2 aliphatic rings. The molecule has 0 radical (unpaired) electrons. The summed E-state index contributed by atoms with van der Waals surface area (Å²) in [7, 11) is 0. The molecule has 2 heterocycles. The van der Waals surface area contributed by atoms with Crippen LogP contribution in [0.1, 0.15) is 55.4 Å². The lowest BCUT2D eigenvalue weighted by atomic mass is 9.97.